The number of carbonyl (C=O) groups is 3. The van der Waals surface area contributed by atoms with Crippen molar-refractivity contribution >= 4 is 23.6 Å². The van der Waals surface area contributed by atoms with Gasteiger partial charge in [-0.3, -0.25) is 19.7 Å². The summed E-state index contributed by atoms with van der Waals surface area (Å²) in [6.07, 6.45) is 1.82. The fourth-order valence-corrected chi connectivity index (χ4v) is 7.10. The molecule has 3 heterocycles. The first-order valence-corrected chi connectivity index (χ1v) is 13.3. The largest absolute Gasteiger partial charge is 0.465 e. The maximum atomic E-state index is 13.8. The van der Waals surface area contributed by atoms with E-state index >= 15 is 0 Å². The lowest BCUT2D eigenvalue weighted by atomic mass is 9.76. The molecule has 11 heteroatoms. The van der Waals surface area contributed by atoms with Crippen molar-refractivity contribution in [3.05, 3.63) is 29.3 Å². The van der Waals surface area contributed by atoms with E-state index in [0.29, 0.717) is 57.3 Å². The molecular weight excluding hydrogens is 490 g/mol. The lowest BCUT2D eigenvalue weighted by Crippen LogP contribution is -2.63. The average Bonchev–Trinajstić information content (AvgIpc) is 3.64. The van der Waals surface area contributed by atoms with Crippen LogP contribution in [0.3, 0.4) is 0 Å². The van der Waals surface area contributed by atoms with Crippen LogP contribution in [0.2, 0.25) is 0 Å². The van der Waals surface area contributed by atoms with Crippen molar-refractivity contribution in [2.75, 3.05) is 50.8 Å². The van der Waals surface area contributed by atoms with Gasteiger partial charge in [0, 0.05) is 51.6 Å². The number of ether oxygens (including phenoxy) is 1. The van der Waals surface area contributed by atoms with E-state index in [-0.39, 0.29) is 17.9 Å². The Hall–Kier alpha value is -3.36. The Morgan fingerprint density at radius 1 is 1.13 bits per heavy atom. The number of anilines is 1. The van der Waals surface area contributed by atoms with Crippen LogP contribution in [0.25, 0.3) is 0 Å². The number of nitrogens with zero attached hydrogens (tertiary/aromatic N) is 4. The van der Waals surface area contributed by atoms with E-state index in [2.05, 4.69) is 11.0 Å². The van der Waals surface area contributed by atoms with Crippen LogP contribution in [0.1, 0.15) is 36.8 Å². The minimum Gasteiger partial charge on any atom is -0.465 e. The summed E-state index contributed by atoms with van der Waals surface area (Å²) in [5.41, 5.74) is 3.92. The molecule has 3 aliphatic heterocycles. The van der Waals surface area contributed by atoms with Crippen LogP contribution in [0.4, 0.5) is 10.5 Å². The zero-order chi connectivity index (χ0) is 27.0. The zero-order valence-electron chi connectivity index (χ0n) is 21.6. The third-order valence-electron chi connectivity index (χ3n) is 9.12. The number of piperazine rings is 1. The predicted molar refractivity (Wildman–Crippen MR) is 135 cm³/mol. The maximum Gasteiger partial charge on any atom is 0.408 e. The van der Waals surface area contributed by atoms with Crippen LogP contribution in [0.15, 0.2) is 18.2 Å². The monoisotopic (exact) mass is 525 g/mol. The summed E-state index contributed by atoms with van der Waals surface area (Å²) < 4.78 is 5.49. The van der Waals surface area contributed by atoms with Crippen molar-refractivity contribution in [3.8, 4) is 6.07 Å². The van der Waals surface area contributed by atoms with Gasteiger partial charge in [-0.1, -0.05) is 0 Å². The van der Waals surface area contributed by atoms with Gasteiger partial charge >= 0.3 is 6.09 Å². The van der Waals surface area contributed by atoms with Gasteiger partial charge in [0.1, 0.15) is 6.04 Å². The molecule has 3 amide bonds. The summed E-state index contributed by atoms with van der Waals surface area (Å²) in [7, 11) is 0. The van der Waals surface area contributed by atoms with E-state index in [1.807, 2.05) is 19.1 Å². The molecule has 1 aliphatic carbocycles. The number of hydrogen-bond donors (Lipinski definition) is 3. The number of likely N-dealkylation sites (tertiary alicyclic amines) is 1. The molecule has 2 unspecified atom stereocenters. The topological polar surface area (TPSA) is 146 Å². The highest BCUT2D eigenvalue weighted by molar-refractivity contribution is 5.92. The van der Waals surface area contributed by atoms with E-state index in [4.69, 9.17) is 10.00 Å². The molecule has 204 valence electrons. The number of hydrogen-bond acceptors (Lipinski definition) is 7. The number of amides is 3. The van der Waals surface area contributed by atoms with Crippen LogP contribution >= 0.6 is 0 Å². The predicted octanol–water partition coefficient (Wildman–Crippen LogP) is 1.82. The molecule has 3 saturated heterocycles. The first-order valence-electron chi connectivity index (χ1n) is 13.3. The number of rotatable bonds is 4. The molecule has 0 aromatic heterocycles. The van der Waals surface area contributed by atoms with Crippen molar-refractivity contribution in [1.29, 1.82) is 5.26 Å². The minimum atomic E-state index is -1.22. The Labute approximate surface area is 221 Å². The number of nitriles is 1. The number of aryl methyl sites for hydroxylation is 1. The summed E-state index contributed by atoms with van der Waals surface area (Å²) in [5.74, 6) is -1.35. The number of hydroxylamine groups is 1. The van der Waals surface area contributed by atoms with Gasteiger partial charge in [0.25, 0.3) is 0 Å². The molecule has 0 bridgehead atoms. The summed E-state index contributed by atoms with van der Waals surface area (Å²) in [4.78, 5) is 44.0. The Morgan fingerprint density at radius 3 is 2.45 bits per heavy atom. The van der Waals surface area contributed by atoms with Gasteiger partial charge in [0.2, 0.25) is 11.8 Å². The summed E-state index contributed by atoms with van der Waals surface area (Å²) in [6, 6.07) is 6.47. The van der Waals surface area contributed by atoms with Crippen LogP contribution in [-0.4, -0.2) is 90.0 Å². The normalized spacial score (nSPS) is 29.6. The highest BCUT2D eigenvalue weighted by atomic mass is 16.5. The van der Waals surface area contributed by atoms with E-state index in [0.717, 1.165) is 35.4 Å². The Kier molecular flexibility index (Phi) is 7.20. The third-order valence-corrected chi connectivity index (χ3v) is 9.12. The highest BCUT2D eigenvalue weighted by Gasteiger charge is 2.64. The van der Waals surface area contributed by atoms with Gasteiger partial charge < -0.3 is 19.6 Å². The second-order valence-corrected chi connectivity index (χ2v) is 11.2. The molecule has 4 aliphatic rings. The quantitative estimate of drug-likeness (QED) is 0.399. The van der Waals surface area contributed by atoms with Crippen molar-refractivity contribution < 1.29 is 29.4 Å². The second-order valence-electron chi connectivity index (χ2n) is 11.2. The lowest BCUT2D eigenvalue weighted by Gasteiger charge is -2.46. The van der Waals surface area contributed by atoms with Crippen molar-refractivity contribution in [2.24, 2.45) is 23.2 Å². The molecule has 1 aromatic rings. The van der Waals surface area contributed by atoms with Crippen LogP contribution in [-0.2, 0) is 14.3 Å². The maximum absolute atomic E-state index is 13.8. The molecule has 3 N–H and O–H groups in total. The van der Waals surface area contributed by atoms with E-state index in [9.17, 15) is 24.7 Å². The number of carboxylic acid groups (broad SMARTS) is 1. The molecule has 4 atom stereocenters. The minimum absolute atomic E-state index is 0.223. The summed E-state index contributed by atoms with van der Waals surface area (Å²) >= 11 is 0. The van der Waals surface area contributed by atoms with E-state index in [1.54, 1.807) is 16.4 Å². The van der Waals surface area contributed by atoms with Gasteiger partial charge in [-0.2, -0.15) is 5.26 Å². The van der Waals surface area contributed by atoms with Crippen LogP contribution in [0, 0.1) is 41.4 Å². The number of carbonyl (C=O) groups excluding carboxylic acids is 2. The molecule has 0 radical (unpaired) electrons. The number of benzene rings is 1. The first kappa shape index (κ1) is 26.3. The molecule has 1 aromatic carbocycles. The standard InChI is InChI=1S/C27H35N5O6/c1-17-12-18(15-28)2-3-22(17)30-6-8-31(9-7-30)25(34)23-20(24(33)29-37)13-27(16-32(23)26(35)36)14-21(27)19-4-10-38-11-5-19/h2-3,12,19-21,23,37H,4-11,13-14,16H2,1H3,(H,29,33)(H,35,36)/t20-,21?,23-,27?/m0/s1. The van der Waals surface area contributed by atoms with Crippen molar-refractivity contribution in [1.82, 2.24) is 15.3 Å². The van der Waals surface area contributed by atoms with Crippen molar-refractivity contribution in [2.45, 2.75) is 38.6 Å². The lowest BCUT2D eigenvalue weighted by molar-refractivity contribution is -0.150. The Bertz CT molecular complexity index is 1140. The molecule has 38 heavy (non-hydrogen) atoms. The Balaban J connectivity index is 1.32. The smallest absolute Gasteiger partial charge is 0.408 e. The van der Waals surface area contributed by atoms with E-state index < -0.39 is 29.9 Å². The number of piperidine rings is 1. The first-order chi connectivity index (χ1) is 18.3. The third kappa shape index (κ3) is 4.78. The van der Waals surface area contributed by atoms with E-state index in [1.165, 1.54) is 0 Å². The molecule has 11 nitrogen and oxygen atoms in total. The van der Waals surface area contributed by atoms with Gasteiger partial charge in [0.15, 0.2) is 0 Å². The zero-order valence-corrected chi connectivity index (χ0v) is 21.6. The van der Waals surface area contributed by atoms with Crippen LogP contribution in [0.5, 0.6) is 0 Å². The average molecular weight is 526 g/mol. The molecule has 5 rings (SSSR count). The second kappa shape index (κ2) is 10.4. The molecule has 4 fully saturated rings. The SMILES string of the molecule is Cc1cc(C#N)ccc1N1CCN(C(=O)[C@@H]2[C@@H](C(=O)NO)CC3(CC3C3CCOCC3)CN2C(=O)O)CC1. The fraction of sp³-hybridized carbons (Fsp3) is 0.630. The summed E-state index contributed by atoms with van der Waals surface area (Å²) in [6.45, 7) is 5.40. The Morgan fingerprint density at radius 2 is 1.84 bits per heavy atom. The van der Waals surface area contributed by atoms with Gasteiger partial charge in [-0.25, -0.2) is 10.3 Å². The van der Waals surface area contributed by atoms with Gasteiger partial charge in [-0.15, -0.1) is 0 Å². The number of nitrogens with one attached hydrogen (secondary N) is 1. The fourth-order valence-electron chi connectivity index (χ4n) is 7.10. The molecular formula is C27H35N5O6. The molecule has 1 saturated carbocycles. The van der Waals surface area contributed by atoms with Crippen molar-refractivity contribution in [3.63, 3.8) is 0 Å². The molecule has 1 spiro atoms. The van der Waals surface area contributed by atoms with Crippen LogP contribution < -0.4 is 10.4 Å². The highest BCUT2D eigenvalue weighted by Crippen LogP contribution is 2.64. The van der Waals surface area contributed by atoms with Gasteiger partial charge in [-0.05, 0) is 73.6 Å². The summed E-state index contributed by atoms with van der Waals surface area (Å²) in [5, 5.41) is 28.8. The van der Waals surface area contributed by atoms with Gasteiger partial charge in [0.05, 0.1) is 17.6 Å².